The predicted molar refractivity (Wildman–Crippen MR) is 93.7 cm³/mol. The van der Waals surface area contributed by atoms with E-state index in [-0.39, 0.29) is 28.9 Å². The van der Waals surface area contributed by atoms with Gasteiger partial charge in [0.2, 0.25) is 5.24 Å². The van der Waals surface area contributed by atoms with Crippen LogP contribution in [0.4, 0.5) is 26.3 Å². The quantitative estimate of drug-likeness (QED) is 0.206. The minimum Gasteiger partial charge on any atom is -0.281 e. The lowest BCUT2D eigenvalue weighted by molar-refractivity contribution is -0.372. The first-order chi connectivity index (χ1) is 11.3. The van der Waals surface area contributed by atoms with E-state index in [9.17, 15) is 31.1 Å². The molecule has 0 unspecified atom stereocenters. The lowest BCUT2D eigenvalue weighted by Gasteiger charge is -2.28. The van der Waals surface area contributed by atoms with Gasteiger partial charge in [-0.2, -0.15) is 26.3 Å². The van der Waals surface area contributed by atoms with Crippen molar-refractivity contribution in [1.29, 1.82) is 0 Å². The minimum atomic E-state index is -5.34. The highest BCUT2D eigenvalue weighted by Gasteiger charge is 2.53. The van der Waals surface area contributed by atoms with Crippen LogP contribution >= 0.6 is 11.6 Å². The molecule has 0 aromatic rings. The van der Waals surface area contributed by atoms with Crippen LogP contribution in [0.5, 0.6) is 0 Å². The number of hydrogen-bond donors (Lipinski definition) is 0. The van der Waals surface area contributed by atoms with E-state index < -0.39 is 24.0 Å². The molecule has 0 aliphatic rings. The Morgan fingerprint density at radius 2 is 1.27 bits per heavy atom. The zero-order chi connectivity index (χ0) is 22.0. The van der Waals surface area contributed by atoms with Gasteiger partial charge >= 0.3 is 12.6 Å². The maximum atomic E-state index is 11.7. The molecule has 158 valence electrons. The number of carbonyl (C=O) groups is 1. The third-order valence-electron chi connectivity index (χ3n) is 2.85. The Balaban J connectivity index is -0.000000375. The monoisotopic (exact) mass is 413 g/mol. The number of hydrogen-bond acceptors (Lipinski definition) is 2. The van der Waals surface area contributed by atoms with Gasteiger partial charge in [-0.25, -0.2) is 0 Å². The van der Waals surface area contributed by atoms with Gasteiger partial charge in [-0.1, -0.05) is 48.0 Å². The van der Waals surface area contributed by atoms with Gasteiger partial charge in [0.1, 0.15) is 0 Å². The maximum absolute atomic E-state index is 11.7. The van der Waals surface area contributed by atoms with Gasteiger partial charge in [0.15, 0.2) is 0 Å². The van der Waals surface area contributed by atoms with Crippen LogP contribution in [0.3, 0.4) is 0 Å². The van der Waals surface area contributed by atoms with Crippen LogP contribution in [-0.4, -0.2) is 29.3 Å². The Morgan fingerprint density at radius 1 is 0.923 bits per heavy atom. The molecular weight excluding hydrogens is 384 g/mol. The van der Waals surface area contributed by atoms with Crippen LogP contribution in [-0.2, 0) is 4.79 Å². The molecule has 0 aliphatic heterocycles. The zero-order valence-electron chi connectivity index (χ0n) is 16.2. The maximum Gasteiger partial charge on any atom is 0.467 e. The van der Waals surface area contributed by atoms with Crippen molar-refractivity contribution in [2.24, 2.45) is 10.8 Å². The first-order valence-corrected chi connectivity index (χ1v) is 8.33. The fourth-order valence-electron chi connectivity index (χ4n) is 2.11. The Bertz CT molecular complexity index is 386. The molecule has 0 aromatic carbocycles. The van der Waals surface area contributed by atoms with Gasteiger partial charge < -0.3 is 0 Å². The van der Waals surface area contributed by atoms with Crippen molar-refractivity contribution >= 4 is 16.8 Å². The molecule has 0 amide bonds. The average Bonchev–Trinajstić information content (AvgIpc) is 2.36. The van der Waals surface area contributed by atoms with Crippen molar-refractivity contribution in [3.05, 3.63) is 13.2 Å². The van der Waals surface area contributed by atoms with Crippen molar-refractivity contribution in [2.75, 3.05) is 6.54 Å². The molecule has 0 radical (unpaired) electrons. The van der Waals surface area contributed by atoms with Crippen LogP contribution in [0.2, 0.25) is 0 Å². The summed E-state index contributed by atoms with van der Waals surface area (Å²) in [6.07, 6.45) is -9.72. The van der Waals surface area contributed by atoms with E-state index in [0.29, 0.717) is 0 Å². The number of unbranched alkanes of at least 4 members (excludes halogenated alkanes) is 1. The molecule has 0 saturated heterocycles. The summed E-state index contributed by atoms with van der Waals surface area (Å²) >= 11 is 5.44. The molecule has 2 nitrogen and oxygen atoms in total. The van der Waals surface area contributed by atoms with E-state index >= 15 is 0 Å². The highest BCUT2D eigenvalue weighted by molar-refractivity contribution is 6.64. The third kappa shape index (κ3) is 15.5. The highest BCUT2D eigenvalue weighted by Crippen LogP contribution is 2.35. The molecule has 0 atom stereocenters. The Labute approximate surface area is 157 Å². The number of nitrogens with zero attached hydrogens (tertiary/aromatic N) is 1. The summed E-state index contributed by atoms with van der Waals surface area (Å²) < 4.78 is 70.5. The topological polar surface area (TPSA) is 20.3 Å². The summed E-state index contributed by atoms with van der Waals surface area (Å²) in [5, 5.41) is -0.243. The van der Waals surface area contributed by atoms with Gasteiger partial charge in [-0.15, -0.1) is 18.1 Å². The van der Waals surface area contributed by atoms with E-state index in [2.05, 4.69) is 33.9 Å². The lowest BCUT2D eigenvalue weighted by atomic mass is 9.77. The average molecular weight is 414 g/mol. The van der Waals surface area contributed by atoms with Crippen molar-refractivity contribution in [3.63, 3.8) is 0 Å². The summed E-state index contributed by atoms with van der Waals surface area (Å²) in [5.74, 6) is 0. The largest absolute Gasteiger partial charge is 0.467 e. The first-order valence-electron chi connectivity index (χ1n) is 7.95. The number of carbonyl (C=O) groups excluding carboxylic acids is 1. The van der Waals surface area contributed by atoms with Gasteiger partial charge in [-0.05, 0) is 29.9 Å². The van der Waals surface area contributed by atoms with Gasteiger partial charge in [0, 0.05) is 12.0 Å². The molecule has 0 aromatic heterocycles. The van der Waals surface area contributed by atoms with E-state index in [1.165, 1.54) is 6.92 Å². The molecule has 0 heterocycles. The summed E-state index contributed by atoms with van der Waals surface area (Å²) in [6.45, 7) is 16.6. The Hall–Kier alpha value is -0.760. The molecular formula is C17H30ClF6NO. The van der Waals surface area contributed by atoms with Gasteiger partial charge in [0.05, 0.1) is 0 Å². The van der Waals surface area contributed by atoms with Gasteiger partial charge in [0.25, 0.3) is 0 Å². The second-order valence-electron chi connectivity index (χ2n) is 7.34. The fraction of sp³-hybridized carbons (Fsp3) is 0.824. The third-order valence-corrected chi connectivity index (χ3v) is 3.36. The Morgan fingerprint density at radius 3 is 1.42 bits per heavy atom. The van der Waals surface area contributed by atoms with E-state index in [4.69, 9.17) is 11.6 Å². The van der Waals surface area contributed by atoms with Crippen LogP contribution in [0, 0.1) is 10.8 Å². The van der Waals surface area contributed by atoms with Crippen LogP contribution < -0.4 is 0 Å². The molecule has 9 heteroatoms. The standard InChI is InChI=1S/C9H17ClO.C6H9F6N.C2H4/c1-8(2,3)6-9(4,5)7(10)11;1-2-3-4-13(5(7,8)9)6(10,11)12;1-2/h6H2,1-5H3;2-4H2,1H3;1-2H2. The summed E-state index contributed by atoms with van der Waals surface area (Å²) in [7, 11) is 0. The fourth-order valence-corrected chi connectivity index (χ4v) is 2.18. The predicted octanol–water partition coefficient (Wildman–Crippen LogP) is 7.14. The molecule has 0 fully saturated rings. The molecule has 0 rings (SSSR count). The lowest BCUT2D eigenvalue weighted by Crippen LogP contribution is -2.48. The van der Waals surface area contributed by atoms with Crippen LogP contribution in [0.15, 0.2) is 13.2 Å². The summed E-state index contributed by atoms with van der Waals surface area (Å²) in [5.41, 5.74) is -0.228. The Kier molecular flexibility index (Phi) is 13.7. The van der Waals surface area contributed by atoms with Crippen molar-refractivity contribution in [3.8, 4) is 0 Å². The summed E-state index contributed by atoms with van der Waals surface area (Å²) in [4.78, 5) is 9.50. The smallest absolute Gasteiger partial charge is 0.281 e. The second kappa shape index (κ2) is 11.8. The van der Waals surface area contributed by atoms with E-state index in [1.54, 1.807) is 0 Å². The van der Waals surface area contributed by atoms with Crippen LogP contribution in [0.25, 0.3) is 0 Å². The summed E-state index contributed by atoms with van der Waals surface area (Å²) in [6, 6.07) is 0. The van der Waals surface area contributed by atoms with Crippen molar-refractivity contribution < 1.29 is 31.1 Å². The first kappa shape index (κ1) is 30.0. The molecule has 0 saturated carbocycles. The van der Waals surface area contributed by atoms with E-state index in [0.717, 1.165) is 6.42 Å². The molecule has 0 aliphatic carbocycles. The molecule has 26 heavy (non-hydrogen) atoms. The second-order valence-corrected chi connectivity index (χ2v) is 7.68. The van der Waals surface area contributed by atoms with Crippen molar-refractivity contribution in [2.45, 2.75) is 73.4 Å². The number of alkyl halides is 6. The molecule has 0 N–H and O–H groups in total. The number of rotatable bonds is 5. The molecule has 0 bridgehead atoms. The van der Waals surface area contributed by atoms with Crippen molar-refractivity contribution in [1.82, 2.24) is 4.90 Å². The van der Waals surface area contributed by atoms with Crippen LogP contribution in [0.1, 0.15) is 60.8 Å². The van der Waals surface area contributed by atoms with E-state index in [1.807, 2.05) is 13.8 Å². The highest BCUT2D eigenvalue weighted by atomic mass is 35.5. The van der Waals surface area contributed by atoms with Gasteiger partial charge in [-0.3, -0.25) is 4.79 Å². The SMILES string of the molecule is C=C.CC(C)(C)CC(C)(C)C(=O)Cl.CCCCN(C(F)(F)F)C(F)(F)F. The normalized spacial score (nSPS) is 12.7. The molecule has 0 spiro atoms. The minimum absolute atomic E-state index is 0.140. The number of halogens is 7. The zero-order valence-corrected chi connectivity index (χ0v) is 17.0.